The lowest BCUT2D eigenvalue weighted by Crippen LogP contribution is -2.33. The number of rotatable bonds is 6. The summed E-state index contributed by atoms with van der Waals surface area (Å²) in [5.41, 5.74) is 0. The van der Waals surface area contributed by atoms with Gasteiger partial charge in [-0.3, -0.25) is 4.79 Å². The Morgan fingerprint density at radius 3 is 2.64 bits per heavy atom. The number of nitrogens with zero attached hydrogens (tertiary/aromatic N) is 1. The number of carbonyl (C=O) groups is 1. The van der Waals surface area contributed by atoms with Crippen molar-refractivity contribution in [3.8, 4) is 6.07 Å². The second kappa shape index (κ2) is 7.34. The molecule has 0 aromatic rings. The van der Waals surface area contributed by atoms with Crippen LogP contribution in [0.25, 0.3) is 0 Å². The number of nitriles is 1. The summed E-state index contributed by atoms with van der Waals surface area (Å²) >= 11 is 0. The molecule has 0 rings (SSSR count). The Labute approximate surface area is 85.2 Å². The summed E-state index contributed by atoms with van der Waals surface area (Å²) in [4.78, 5) is 11.4. The van der Waals surface area contributed by atoms with Crippen molar-refractivity contribution in [1.82, 2.24) is 5.32 Å². The number of methoxy groups -OCH3 is 1. The van der Waals surface area contributed by atoms with Crippen molar-refractivity contribution in [2.75, 3.05) is 20.3 Å². The van der Waals surface area contributed by atoms with Crippen LogP contribution >= 0.6 is 0 Å². The monoisotopic (exact) mass is 198 g/mol. The van der Waals surface area contributed by atoms with Crippen molar-refractivity contribution in [2.45, 2.75) is 20.3 Å². The molecule has 14 heavy (non-hydrogen) atoms. The normalized spacial score (nSPS) is 12.2. The average Bonchev–Trinajstić information content (AvgIpc) is 2.13. The number of amides is 1. The van der Waals surface area contributed by atoms with E-state index >= 15 is 0 Å². The second-order valence-electron chi connectivity index (χ2n) is 3.49. The summed E-state index contributed by atoms with van der Waals surface area (Å²) in [7, 11) is 1.62. The third kappa shape index (κ3) is 4.83. The van der Waals surface area contributed by atoms with Crippen LogP contribution in [0.4, 0.5) is 0 Å². The lowest BCUT2D eigenvalue weighted by molar-refractivity contribution is -0.124. The van der Waals surface area contributed by atoms with Crippen LogP contribution in [0.15, 0.2) is 0 Å². The van der Waals surface area contributed by atoms with Gasteiger partial charge in [0.1, 0.15) is 5.92 Å². The van der Waals surface area contributed by atoms with Gasteiger partial charge in [0.15, 0.2) is 0 Å². The smallest absolute Gasteiger partial charge is 0.237 e. The van der Waals surface area contributed by atoms with E-state index in [0.717, 1.165) is 6.42 Å². The first-order valence-corrected chi connectivity index (χ1v) is 4.79. The summed E-state index contributed by atoms with van der Waals surface area (Å²) in [6.07, 6.45) is 0.776. The van der Waals surface area contributed by atoms with Gasteiger partial charge in [0.25, 0.3) is 0 Å². The molecule has 0 aliphatic heterocycles. The minimum Gasteiger partial charge on any atom is -0.385 e. The first-order chi connectivity index (χ1) is 6.63. The van der Waals surface area contributed by atoms with Crippen LogP contribution in [0.1, 0.15) is 20.3 Å². The molecule has 1 atom stereocenters. The largest absolute Gasteiger partial charge is 0.385 e. The van der Waals surface area contributed by atoms with Crippen LogP contribution < -0.4 is 5.32 Å². The zero-order valence-electron chi connectivity index (χ0n) is 9.04. The summed E-state index contributed by atoms with van der Waals surface area (Å²) in [6.45, 7) is 4.92. The van der Waals surface area contributed by atoms with E-state index in [1.165, 1.54) is 0 Å². The molecule has 0 aromatic heterocycles. The third-order valence-electron chi connectivity index (χ3n) is 1.91. The Bertz CT molecular complexity index is 209. The molecule has 0 heterocycles. The molecule has 0 aromatic carbocycles. The first-order valence-electron chi connectivity index (χ1n) is 4.79. The fourth-order valence-corrected chi connectivity index (χ4v) is 1.05. The lowest BCUT2D eigenvalue weighted by atomic mass is 9.97. The fourth-order valence-electron chi connectivity index (χ4n) is 1.05. The fraction of sp³-hybridized carbons (Fsp3) is 0.800. The van der Waals surface area contributed by atoms with E-state index in [4.69, 9.17) is 10.00 Å². The van der Waals surface area contributed by atoms with Gasteiger partial charge in [-0.05, 0) is 12.3 Å². The van der Waals surface area contributed by atoms with Gasteiger partial charge in [-0.25, -0.2) is 0 Å². The molecule has 0 saturated heterocycles. The van der Waals surface area contributed by atoms with Crippen molar-refractivity contribution in [3.05, 3.63) is 0 Å². The number of carbonyl (C=O) groups excluding carboxylic acids is 1. The Hall–Kier alpha value is -1.08. The molecule has 4 heteroatoms. The highest BCUT2D eigenvalue weighted by atomic mass is 16.5. The van der Waals surface area contributed by atoms with E-state index in [1.54, 1.807) is 7.11 Å². The van der Waals surface area contributed by atoms with Gasteiger partial charge < -0.3 is 10.1 Å². The van der Waals surface area contributed by atoms with Crippen LogP contribution in [-0.2, 0) is 9.53 Å². The maximum absolute atomic E-state index is 11.4. The van der Waals surface area contributed by atoms with E-state index < -0.39 is 5.92 Å². The van der Waals surface area contributed by atoms with Crippen LogP contribution in [0, 0.1) is 23.2 Å². The minimum absolute atomic E-state index is 0.0578. The highest BCUT2D eigenvalue weighted by Gasteiger charge is 2.20. The molecule has 0 aliphatic carbocycles. The standard InChI is InChI=1S/C10H18N2O2/c1-8(2)9(7-11)10(13)12-5-4-6-14-3/h8-9H,4-6H2,1-3H3,(H,12,13). The molecule has 0 fully saturated rings. The van der Waals surface area contributed by atoms with Crippen molar-refractivity contribution in [2.24, 2.45) is 11.8 Å². The number of nitrogens with one attached hydrogen (secondary N) is 1. The quantitative estimate of drug-likeness (QED) is 0.646. The predicted octanol–water partition coefficient (Wildman–Crippen LogP) is 0.935. The predicted molar refractivity (Wildman–Crippen MR) is 53.4 cm³/mol. The van der Waals surface area contributed by atoms with E-state index in [9.17, 15) is 4.79 Å². The molecule has 0 aliphatic rings. The topological polar surface area (TPSA) is 62.1 Å². The number of ether oxygens (including phenoxy) is 1. The van der Waals surface area contributed by atoms with Gasteiger partial charge >= 0.3 is 0 Å². The number of hydrogen-bond acceptors (Lipinski definition) is 3. The molecule has 0 radical (unpaired) electrons. The maximum atomic E-state index is 11.4. The van der Waals surface area contributed by atoms with E-state index in [1.807, 2.05) is 19.9 Å². The van der Waals surface area contributed by atoms with Gasteiger partial charge in [0.2, 0.25) is 5.91 Å². The summed E-state index contributed by atoms with van der Waals surface area (Å²) < 4.78 is 4.84. The van der Waals surface area contributed by atoms with Crippen LogP contribution in [0.5, 0.6) is 0 Å². The third-order valence-corrected chi connectivity index (χ3v) is 1.91. The van der Waals surface area contributed by atoms with Crippen molar-refractivity contribution in [3.63, 3.8) is 0 Å². The molecule has 4 nitrogen and oxygen atoms in total. The van der Waals surface area contributed by atoms with Gasteiger partial charge in [-0.1, -0.05) is 13.8 Å². The van der Waals surface area contributed by atoms with Crippen LogP contribution in [-0.4, -0.2) is 26.2 Å². The van der Waals surface area contributed by atoms with Crippen molar-refractivity contribution < 1.29 is 9.53 Å². The highest BCUT2D eigenvalue weighted by Crippen LogP contribution is 2.08. The van der Waals surface area contributed by atoms with E-state index in [0.29, 0.717) is 13.2 Å². The maximum Gasteiger partial charge on any atom is 0.237 e. The highest BCUT2D eigenvalue weighted by molar-refractivity contribution is 5.81. The van der Waals surface area contributed by atoms with Gasteiger partial charge in [0.05, 0.1) is 6.07 Å². The second-order valence-corrected chi connectivity index (χ2v) is 3.49. The Balaban J connectivity index is 3.78. The van der Waals surface area contributed by atoms with Crippen LogP contribution in [0.3, 0.4) is 0 Å². The Kier molecular flexibility index (Phi) is 6.77. The number of hydrogen-bond donors (Lipinski definition) is 1. The van der Waals surface area contributed by atoms with Gasteiger partial charge in [-0.15, -0.1) is 0 Å². The van der Waals surface area contributed by atoms with Gasteiger partial charge in [-0.2, -0.15) is 5.26 Å². The molecule has 1 unspecified atom stereocenters. The van der Waals surface area contributed by atoms with Crippen LogP contribution in [0.2, 0.25) is 0 Å². The summed E-state index contributed by atoms with van der Waals surface area (Å²) in [5.74, 6) is -0.668. The summed E-state index contributed by atoms with van der Waals surface area (Å²) in [6, 6.07) is 2.00. The summed E-state index contributed by atoms with van der Waals surface area (Å²) in [5, 5.41) is 11.4. The molecular formula is C10H18N2O2. The zero-order valence-corrected chi connectivity index (χ0v) is 9.04. The molecule has 1 N–H and O–H groups in total. The van der Waals surface area contributed by atoms with E-state index in [2.05, 4.69) is 5.32 Å². The SMILES string of the molecule is COCCCNC(=O)C(C#N)C(C)C. The van der Waals surface area contributed by atoms with Gasteiger partial charge in [0, 0.05) is 20.3 Å². The molecule has 0 bridgehead atoms. The van der Waals surface area contributed by atoms with E-state index in [-0.39, 0.29) is 11.8 Å². The average molecular weight is 198 g/mol. The lowest BCUT2D eigenvalue weighted by Gasteiger charge is -2.12. The zero-order chi connectivity index (χ0) is 11.0. The molecule has 80 valence electrons. The minimum atomic E-state index is -0.544. The molecule has 0 saturated carbocycles. The molecular weight excluding hydrogens is 180 g/mol. The Morgan fingerprint density at radius 1 is 1.57 bits per heavy atom. The molecule has 0 spiro atoms. The molecule has 1 amide bonds. The first kappa shape index (κ1) is 12.9. The van der Waals surface area contributed by atoms with Crippen molar-refractivity contribution in [1.29, 1.82) is 5.26 Å². The van der Waals surface area contributed by atoms with Crippen molar-refractivity contribution >= 4 is 5.91 Å². The Morgan fingerprint density at radius 2 is 2.21 bits per heavy atom.